The standard InChI is InChI=1S/C31H25N.C18H15N.C12H8BrI/c1-24-10-8-13-27(22-24)28-14-9-17-31(23-28)32(29-15-6-3-7-16-29)30-20-18-26(19-21-30)25-11-4-2-5-12-25;1-3-7-15(8-4-1)16-11-13-18(14-12-16)19-17-9-5-2-6-10-17;13-11-5-1-3-9(7-11)10-4-2-6-12(14)8-10/h2-23H,1H3;1-14,19H;1-8H/i3D,6D,7D,15D,16D;2D,5D,6D,9D,10D;. The first-order valence-corrected chi connectivity index (χ1v) is 22.7. The first-order valence-electron chi connectivity index (χ1n) is 25.8. The third-order valence-electron chi connectivity index (χ3n) is 10.1. The molecule has 0 aliphatic heterocycles. The second-order valence-electron chi connectivity index (χ2n) is 14.7. The monoisotopic (exact) mass is 1020 g/mol. The van der Waals surface area contributed by atoms with Gasteiger partial charge in [-0.2, -0.15) is 0 Å². The first-order chi connectivity index (χ1) is 36.1. The Hall–Kier alpha value is -6.99. The Labute approximate surface area is 420 Å². The summed E-state index contributed by atoms with van der Waals surface area (Å²) in [5.41, 5.74) is 12.1. The molecule has 0 aliphatic rings. The zero-order valence-corrected chi connectivity index (χ0v) is 39.1. The Morgan fingerprint density at radius 1 is 0.385 bits per heavy atom. The maximum absolute atomic E-state index is 8.67. The lowest BCUT2D eigenvalue weighted by molar-refractivity contribution is 1.28. The highest BCUT2D eigenvalue weighted by atomic mass is 127. The second-order valence-corrected chi connectivity index (χ2v) is 16.9. The molecule has 0 saturated heterocycles. The lowest BCUT2D eigenvalue weighted by atomic mass is 10.0. The molecule has 0 aromatic heterocycles. The van der Waals surface area contributed by atoms with Gasteiger partial charge in [0, 0.05) is 36.5 Å². The van der Waals surface area contributed by atoms with Gasteiger partial charge < -0.3 is 10.2 Å². The first kappa shape index (κ1) is 33.5. The number of benzene rings is 10. The molecule has 0 bridgehead atoms. The smallest absolute Gasteiger partial charge is 0.0645 e. The van der Waals surface area contributed by atoms with E-state index in [1.54, 1.807) is 4.90 Å². The molecule has 0 atom stereocenters. The number of nitrogens with one attached hydrogen (secondary N) is 1. The molecule has 316 valence electrons. The molecule has 0 spiro atoms. The third-order valence-corrected chi connectivity index (χ3v) is 11.3. The average molecular weight is 1030 g/mol. The van der Waals surface area contributed by atoms with Gasteiger partial charge in [-0.15, -0.1) is 0 Å². The molecule has 2 nitrogen and oxygen atoms in total. The molecule has 0 amide bonds. The molecule has 10 aromatic carbocycles. The number of halogens is 2. The van der Waals surface area contributed by atoms with Gasteiger partial charge in [-0.3, -0.25) is 0 Å². The summed E-state index contributed by atoms with van der Waals surface area (Å²) in [6, 6.07) is 64.8. The molecule has 0 heterocycles. The van der Waals surface area contributed by atoms with Gasteiger partial charge in [-0.1, -0.05) is 203 Å². The topological polar surface area (TPSA) is 15.3 Å². The molecular weight excluding hydrogens is 967 g/mol. The zero-order valence-electron chi connectivity index (χ0n) is 45.3. The van der Waals surface area contributed by atoms with Crippen LogP contribution in [-0.2, 0) is 0 Å². The second kappa shape index (κ2) is 22.6. The zero-order chi connectivity index (χ0) is 53.3. The van der Waals surface area contributed by atoms with E-state index in [0.29, 0.717) is 17.1 Å². The summed E-state index contributed by atoms with van der Waals surface area (Å²) in [6.45, 7) is 2.04. The highest BCUT2D eigenvalue weighted by molar-refractivity contribution is 14.1. The normalized spacial score (nSPS) is 12.5. The number of aryl methyl sites for hydroxylation is 1. The van der Waals surface area contributed by atoms with E-state index in [0.717, 1.165) is 43.4 Å². The van der Waals surface area contributed by atoms with Gasteiger partial charge in [0.15, 0.2) is 0 Å². The molecule has 0 saturated carbocycles. The predicted octanol–water partition coefficient (Wildman–Crippen LogP) is 18.6. The van der Waals surface area contributed by atoms with Crippen molar-refractivity contribution < 1.29 is 13.7 Å². The lowest BCUT2D eigenvalue weighted by Crippen LogP contribution is -2.09. The van der Waals surface area contributed by atoms with E-state index in [1.165, 1.54) is 14.7 Å². The third kappa shape index (κ3) is 12.6. The maximum atomic E-state index is 8.67. The summed E-state index contributed by atoms with van der Waals surface area (Å²) < 4.78 is 83.2. The van der Waals surface area contributed by atoms with Crippen LogP contribution < -0.4 is 10.2 Å². The van der Waals surface area contributed by atoms with Crippen LogP contribution in [0.2, 0.25) is 0 Å². The number of rotatable bonds is 9. The van der Waals surface area contributed by atoms with Crippen molar-refractivity contribution in [3.05, 3.63) is 280 Å². The highest BCUT2D eigenvalue weighted by Crippen LogP contribution is 2.37. The van der Waals surface area contributed by atoms with Gasteiger partial charge in [-0.25, -0.2) is 0 Å². The SMILES string of the molecule is Brc1cccc(-c2cccc(I)c2)c1.[2H]c1c([2H])c([2H])c(N(c2ccc(-c3ccccc3)cc2)c2cccc(-c3cccc(C)c3)c2)c([2H])c1[2H].[2H]c1c([2H])c([2H])c(Nc2ccc(-c3ccccc3)cc2)c([2H])c1[2H]. The Kier molecular flexibility index (Phi) is 11.6. The molecule has 0 radical (unpaired) electrons. The van der Waals surface area contributed by atoms with Crippen LogP contribution in [0, 0.1) is 10.5 Å². The quantitative estimate of drug-likeness (QED) is 0.145. The minimum atomic E-state index is -0.411. The molecule has 4 heteroatoms. The summed E-state index contributed by atoms with van der Waals surface area (Å²) >= 11 is 5.81. The Bertz CT molecular complexity index is 3520. The van der Waals surface area contributed by atoms with E-state index in [9.17, 15) is 0 Å². The van der Waals surface area contributed by atoms with Crippen LogP contribution in [0.25, 0.3) is 44.5 Å². The van der Waals surface area contributed by atoms with Crippen LogP contribution in [0.1, 0.15) is 19.3 Å². The Morgan fingerprint density at radius 2 is 0.862 bits per heavy atom. The van der Waals surface area contributed by atoms with Crippen molar-refractivity contribution >= 4 is 67.0 Å². The fraction of sp³-hybridized carbons (Fsp3) is 0.0164. The largest absolute Gasteiger partial charge is 0.356 e. The maximum Gasteiger partial charge on any atom is 0.0645 e. The highest BCUT2D eigenvalue weighted by Gasteiger charge is 2.14. The molecule has 0 unspecified atom stereocenters. The summed E-state index contributed by atoms with van der Waals surface area (Å²) in [4.78, 5) is 1.74. The fourth-order valence-electron chi connectivity index (χ4n) is 7.01. The number of nitrogens with zero attached hydrogens (tertiary/aromatic N) is 1. The van der Waals surface area contributed by atoms with Crippen molar-refractivity contribution in [2.24, 2.45) is 0 Å². The lowest BCUT2D eigenvalue weighted by Gasteiger charge is -2.26. The van der Waals surface area contributed by atoms with Crippen LogP contribution >= 0.6 is 38.5 Å². The van der Waals surface area contributed by atoms with Crippen molar-refractivity contribution in [2.75, 3.05) is 10.2 Å². The number of hydrogen-bond donors (Lipinski definition) is 1. The van der Waals surface area contributed by atoms with Crippen molar-refractivity contribution in [2.45, 2.75) is 6.92 Å². The van der Waals surface area contributed by atoms with Gasteiger partial charge in [0.2, 0.25) is 0 Å². The van der Waals surface area contributed by atoms with Crippen LogP contribution in [0.15, 0.2) is 271 Å². The van der Waals surface area contributed by atoms with Crippen LogP contribution in [0.3, 0.4) is 0 Å². The van der Waals surface area contributed by atoms with Crippen molar-refractivity contribution in [1.82, 2.24) is 0 Å². The van der Waals surface area contributed by atoms with Crippen LogP contribution in [0.5, 0.6) is 0 Å². The van der Waals surface area contributed by atoms with E-state index in [1.807, 2.05) is 165 Å². The summed E-state index contributed by atoms with van der Waals surface area (Å²) in [7, 11) is 0. The molecule has 10 rings (SSSR count). The fourth-order valence-corrected chi connectivity index (χ4v) is 7.96. The van der Waals surface area contributed by atoms with E-state index < -0.39 is 12.1 Å². The van der Waals surface area contributed by atoms with Crippen LogP contribution in [-0.4, -0.2) is 0 Å². The molecule has 10 aromatic rings. The van der Waals surface area contributed by atoms with Gasteiger partial charge >= 0.3 is 0 Å². The molecule has 65 heavy (non-hydrogen) atoms. The number of hydrogen-bond acceptors (Lipinski definition) is 2. The van der Waals surface area contributed by atoms with Gasteiger partial charge in [0.25, 0.3) is 0 Å². The summed E-state index contributed by atoms with van der Waals surface area (Å²) in [5.74, 6) is 0. The van der Waals surface area contributed by atoms with E-state index >= 15 is 0 Å². The molecule has 1 N–H and O–H groups in total. The predicted molar refractivity (Wildman–Crippen MR) is 291 cm³/mol. The van der Waals surface area contributed by atoms with Gasteiger partial charge in [-0.05, 0) is 159 Å². The number of anilines is 5. The average Bonchev–Trinajstić information content (AvgIpc) is 3.44. The minimum Gasteiger partial charge on any atom is -0.356 e. The van der Waals surface area contributed by atoms with Crippen molar-refractivity contribution in [3.8, 4) is 44.5 Å². The molecular formula is C61H48BrIN2. The van der Waals surface area contributed by atoms with Gasteiger partial charge in [0.1, 0.15) is 0 Å². The van der Waals surface area contributed by atoms with E-state index in [2.05, 4.69) is 92.4 Å². The van der Waals surface area contributed by atoms with Crippen molar-refractivity contribution in [3.63, 3.8) is 0 Å². The molecule has 0 aliphatic carbocycles. The summed E-state index contributed by atoms with van der Waals surface area (Å²) in [5, 5.41) is 2.93. The van der Waals surface area contributed by atoms with Gasteiger partial charge in [0.05, 0.1) is 13.7 Å². The van der Waals surface area contributed by atoms with Crippen molar-refractivity contribution in [1.29, 1.82) is 0 Å². The van der Waals surface area contributed by atoms with Crippen LogP contribution in [0.4, 0.5) is 28.4 Å². The summed E-state index contributed by atoms with van der Waals surface area (Å²) in [6.07, 6.45) is 0. The number of para-hydroxylation sites is 2. The Balaban J connectivity index is 0.000000167. The minimum absolute atomic E-state index is 0.0773. The Morgan fingerprint density at radius 3 is 1.45 bits per heavy atom. The van der Waals surface area contributed by atoms with E-state index in [4.69, 9.17) is 13.7 Å². The van der Waals surface area contributed by atoms with E-state index in [-0.39, 0.29) is 59.7 Å². The molecule has 0 fully saturated rings.